The van der Waals surface area contributed by atoms with Gasteiger partial charge in [0.15, 0.2) is 0 Å². The van der Waals surface area contributed by atoms with Gasteiger partial charge in [-0.25, -0.2) is 13.2 Å². The maximum atomic E-state index is 11.4. The molecule has 21 heavy (non-hydrogen) atoms. The minimum atomic E-state index is -3.12. The van der Waals surface area contributed by atoms with Crippen LogP contribution in [0, 0.1) is 0 Å². The van der Waals surface area contributed by atoms with Gasteiger partial charge in [0, 0.05) is 31.4 Å². The molecule has 112 valence electrons. The summed E-state index contributed by atoms with van der Waals surface area (Å²) in [4.78, 5) is 17.2. The Morgan fingerprint density at radius 1 is 1.33 bits per heavy atom. The van der Waals surface area contributed by atoms with Gasteiger partial charge in [0.25, 0.3) is 0 Å². The molecule has 0 saturated carbocycles. The van der Waals surface area contributed by atoms with Crippen LogP contribution in [0.3, 0.4) is 0 Å². The molecule has 2 aromatic rings. The maximum absolute atomic E-state index is 11.4. The van der Waals surface area contributed by atoms with E-state index in [1.807, 2.05) is 6.07 Å². The lowest BCUT2D eigenvalue weighted by atomic mass is 10.1. The second kappa shape index (κ2) is 5.69. The van der Waals surface area contributed by atoms with Crippen LogP contribution < -0.4 is 4.90 Å². The topological polar surface area (TPSA) is 87.6 Å². The van der Waals surface area contributed by atoms with Crippen LogP contribution in [0.25, 0.3) is 10.9 Å². The second-order valence-electron chi connectivity index (χ2n) is 4.89. The summed E-state index contributed by atoms with van der Waals surface area (Å²) in [5.41, 5.74) is 1.21. The van der Waals surface area contributed by atoms with Gasteiger partial charge in [-0.05, 0) is 6.07 Å². The molecule has 6 nitrogen and oxygen atoms in total. The van der Waals surface area contributed by atoms with E-state index >= 15 is 0 Å². The number of benzene rings is 1. The highest BCUT2D eigenvalue weighted by atomic mass is 32.2. The molecule has 1 N–H and O–H groups in total. The summed E-state index contributed by atoms with van der Waals surface area (Å²) >= 11 is 0. The van der Waals surface area contributed by atoms with E-state index in [1.54, 1.807) is 30.1 Å². The number of rotatable bonds is 5. The third-order valence-corrected chi connectivity index (χ3v) is 4.08. The molecule has 0 amide bonds. The molecule has 0 aliphatic rings. The van der Waals surface area contributed by atoms with Gasteiger partial charge in [0.1, 0.15) is 15.4 Å². The zero-order valence-electron chi connectivity index (χ0n) is 11.8. The van der Waals surface area contributed by atoms with Crippen molar-refractivity contribution in [2.75, 3.05) is 30.5 Å². The number of aromatic carboxylic acids is 1. The Hall–Kier alpha value is -2.15. The van der Waals surface area contributed by atoms with E-state index in [9.17, 15) is 18.3 Å². The molecule has 0 aliphatic heterocycles. The van der Waals surface area contributed by atoms with Gasteiger partial charge >= 0.3 is 5.97 Å². The van der Waals surface area contributed by atoms with Gasteiger partial charge in [-0.2, -0.15) is 0 Å². The standard InChI is InChI=1S/C14H16N2O4S/c1-16(7-8-21(2,19)20)13-10-5-3-4-6-12(10)15-9-11(13)14(17)18/h3-6,9H,7-8H2,1-2H3,(H,17,18). The molecular weight excluding hydrogens is 292 g/mol. The average Bonchev–Trinajstić information content (AvgIpc) is 2.42. The third kappa shape index (κ3) is 3.49. The number of aromatic nitrogens is 1. The molecule has 0 spiro atoms. The Labute approximate surface area is 122 Å². The quantitative estimate of drug-likeness (QED) is 0.898. The van der Waals surface area contributed by atoms with Gasteiger partial charge < -0.3 is 10.0 Å². The highest BCUT2D eigenvalue weighted by Crippen LogP contribution is 2.28. The van der Waals surface area contributed by atoms with E-state index in [2.05, 4.69) is 4.98 Å². The van der Waals surface area contributed by atoms with E-state index < -0.39 is 15.8 Å². The molecule has 0 saturated heterocycles. The van der Waals surface area contributed by atoms with Crippen LogP contribution in [0.4, 0.5) is 5.69 Å². The lowest BCUT2D eigenvalue weighted by Crippen LogP contribution is -2.26. The lowest BCUT2D eigenvalue weighted by Gasteiger charge is -2.22. The van der Waals surface area contributed by atoms with Crippen LogP contribution >= 0.6 is 0 Å². The summed E-state index contributed by atoms with van der Waals surface area (Å²) in [6, 6.07) is 7.18. The van der Waals surface area contributed by atoms with Crippen molar-refractivity contribution in [3.63, 3.8) is 0 Å². The van der Waals surface area contributed by atoms with Gasteiger partial charge in [0.2, 0.25) is 0 Å². The zero-order valence-corrected chi connectivity index (χ0v) is 12.6. The first-order valence-electron chi connectivity index (χ1n) is 6.29. The Bertz CT molecular complexity index is 787. The van der Waals surface area contributed by atoms with Crippen molar-refractivity contribution in [2.45, 2.75) is 0 Å². The number of para-hydroxylation sites is 1. The second-order valence-corrected chi connectivity index (χ2v) is 7.15. The van der Waals surface area contributed by atoms with Crippen molar-refractivity contribution in [3.8, 4) is 0 Å². The first-order chi connectivity index (χ1) is 9.79. The molecule has 0 aliphatic carbocycles. The molecule has 7 heteroatoms. The predicted molar refractivity (Wildman–Crippen MR) is 81.7 cm³/mol. The largest absolute Gasteiger partial charge is 0.478 e. The summed E-state index contributed by atoms with van der Waals surface area (Å²) in [6.45, 7) is 0.215. The Morgan fingerprint density at radius 2 is 2.00 bits per heavy atom. The number of fused-ring (bicyclic) bond motifs is 1. The van der Waals surface area contributed by atoms with E-state index in [4.69, 9.17) is 0 Å². The molecule has 0 bridgehead atoms. The highest BCUT2D eigenvalue weighted by molar-refractivity contribution is 7.90. The van der Waals surface area contributed by atoms with Crippen LogP contribution in [-0.4, -0.2) is 50.1 Å². The number of hydrogen-bond acceptors (Lipinski definition) is 5. The van der Waals surface area contributed by atoms with Crippen molar-refractivity contribution in [2.24, 2.45) is 0 Å². The summed E-state index contributed by atoms with van der Waals surface area (Å²) in [7, 11) is -1.44. The Kier molecular flexibility index (Phi) is 4.13. The van der Waals surface area contributed by atoms with Crippen LogP contribution in [0.1, 0.15) is 10.4 Å². The van der Waals surface area contributed by atoms with Crippen molar-refractivity contribution in [3.05, 3.63) is 36.0 Å². The maximum Gasteiger partial charge on any atom is 0.339 e. The Balaban J connectivity index is 2.53. The van der Waals surface area contributed by atoms with Crippen molar-refractivity contribution in [1.82, 2.24) is 4.98 Å². The summed E-state index contributed by atoms with van der Waals surface area (Å²) in [5, 5.41) is 10.0. The minimum absolute atomic E-state index is 0.0425. The highest BCUT2D eigenvalue weighted by Gasteiger charge is 2.18. The molecule has 0 atom stereocenters. The molecule has 2 rings (SSSR count). The molecule has 0 fully saturated rings. The number of anilines is 1. The van der Waals surface area contributed by atoms with Crippen molar-refractivity contribution in [1.29, 1.82) is 0 Å². The Morgan fingerprint density at radius 3 is 2.62 bits per heavy atom. The van der Waals surface area contributed by atoms with Gasteiger partial charge in [-0.3, -0.25) is 4.98 Å². The fourth-order valence-electron chi connectivity index (χ4n) is 2.11. The van der Waals surface area contributed by atoms with Crippen LogP contribution in [0.2, 0.25) is 0 Å². The third-order valence-electron chi connectivity index (χ3n) is 3.16. The monoisotopic (exact) mass is 308 g/mol. The van der Waals surface area contributed by atoms with E-state index in [0.29, 0.717) is 16.6 Å². The smallest absolute Gasteiger partial charge is 0.339 e. The molecule has 0 radical (unpaired) electrons. The number of hydrogen-bond donors (Lipinski definition) is 1. The predicted octanol–water partition coefficient (Wildman–Crippen LogP) is 1.41. The SMILES string of the molecule is CN(CCS(C)(=O)=O)c1c(C(=O)O)cnc2ccccc12. The van der Waals surface area contributed by atoms with Crippen LogP contribution in [-0.2, 0) is 9.84 Å². The van der Waals surface area contributed by atoms with Crippen molar-refractivity contribution < 1.29 is 18.3 Å². The molecule has 1 heterocycles. The first-order valence-corrected chi connectivity index (χ1v) is 8.35. The van der Waals surface area contributed by atoms with Crippen LogP contribution in [0.5, 0.6) is 0 Å². The molecule has 0 unspecified atom stereocenters. The summed E-state index contributed by atoms with van der Waals surface area (Å²) in [5.74, 6) is -1.13. The fourth-order valence-corrected chi connectivity index (χ4v) is 2.71. The van der Waals surface area contributed by atoms with Gasteiger partial charge in [-0.1, -0.05) is 18.2 Å². The number of pyridine rings is 1. The number of carboxylic acid groups (broad SMARTS) is 1. The number of carbonyl (C=O) groups is 1. The van der Waals surface area contributed by atoms with Gasteiger partial charge in [-0.15, -0.1) is 0 Å². The van der Waals surface area contributed by atoms with Crippen molar-refractivity contribution >= 4 is 32.4 Å². The molecule has 1 aromatic heterocycles. The van der Waals surface area contributed by atoms with E-state index in [-0.39, 0.29) is 17.9 Å². The van der Waals surface area contributed by atoms with E-state index in [1.165, 1.54) is 6.20 Å². The number of nitrogens with zero attached hydrogens (tertiary/aromatic N) is 2. The number of carboxylic acids is 1. The average molecular weight is 308 g/mol. The number of sulfone groups is 1. The lowest BCUT2D eigenvalue weighted by molar-refractivity contribution is 0.0697. The summed E-state index contributed by atoms with van der Waals surface area (Å²) < 4.78 is 22.6. The zero-order chi connectivity index (χ0) is 15.6. The molecular formula is C14H16N2O4S. The normalized spacial score (nSPS) is 11.5. The van der Waals surface area contributed by atoms with E-state index in [0.717, 1.165) is 6.26 Å². The molecule has 1 aromatic carbocycles. The summed E-state index contributed by atoms with van der Waals surface area (Å²) in [6.07, 6.45) is 2.46. The minimum Gasteiger partial charge on any atom is -0.478 e. The fraction of sp³-hybridized carbons (Fsp3) is 0.286. The first kappa shape index (κ1) is 15.2. The van der Waals surface area contributed by atoms with Crippen LogP contribution in [0.15, 0.2) is 30.5 Å². The van der Waals surface area contributed by atoms with Gasteiger partial charge in [0.05, 0.1) is 17.0 Å².